The summed E-state index contributed by atoms with van der Waals surface area (Å²) in [6.45, 7) is 1.93. The molecule has 1 aliphatic rings. The highest BCUT2D eigenvalue weighted by molar-refractivity contribution is 7.78. The van der Waals surface area contributed by atoms with E-state index in [1.165, 1.54) is 4.90 Å². The van der Waals surface area contributed by atoms with Crippen LogP contribution in [0.5, 0.6) is 0 Å². The van der Waals surface area contributed by atoms with Gasteiger partial charge in [-0.25, -0.2) is 9.79 Å². The maximum absolute atomic E-state index is 12.3. The molecular formula is C17H18Cl3N5OS. The van der Waals surface area contributed by atoms with E-state index in [4.69, 9.17) is 23.2 Å². The molecule has 1 fully saturated rings. The number of nitrogens with zero attached hydrogens (tertiary/aromatic N) is 2. The van der Waals surface area contributed by atoms with Crippen LogP contribution >= 0.6 is 48.4 Å². The molecule has 0 saturated carbocycles. The van der Waals surface area contributed by atoms with Crippen LogP contribution in [0.2, 0.25) is 10.0 Å². The standard InChI is InChI=1S/C17H17Cl2N5OS.ClH/c18-13-8-12(9-14(19)15(13)22-16-20-6-7-21-16)24(17(25)23-26)10-11-4-2-1-3-5-11;/h1-5,8-9,26H,6-7,10H2,(H,23,25)(H2,20,21,22);1H. The van der Waals surface area contributed by atoms with Gasteiger partial charge in [0.05, 0.1) is 16.6 Å². The number of anilines is 1. The predicted octanol–water partition coefficient (Wildman–Crippen LogP) is 4.16. The molecule has 0 spiro atoms. The number of amides is 2. The molecule has 144 valence electrons. The van der Waals surface area contributed by atoms with Crippen molar-refractivity contribution < 1.29 is 4.79 Å². The van der Waals surface area contributed by atoms with Gasteiger partial charge in [0.1, 0.15) is 5.69 Å². The molecule has 10 heteroatoms. The summed E-state index contributed by atoms with van der Waals surface area (Å²) in [5, 5.41) is 6.88. The Morgan fingerprint density at radius 3 is 2.30 bits per heavy atom. The van der Waals surface area contributed by atoms with Crippen LogP contribution in [0.15, 0.2) is 47.5 Å². The zero-order valence-corrected chi connectivity index (χ0v) is 17.3. The molecular weight excluding hydrogens is 429 g/mol. The lowest BCUT2D eigenvalue weighted by atomic mass is 10.2. The molecule has 1 saturated heterocycles. The maximum atomic E-state index is 12.3. The van der Waals surface area contributed by atoms with E-state index in [1.54, 1.807) is 12.1 Å². The number of benzene rings is 2. The minimum absolute atomic E-state index is 0. The van der Waals surface area contributed by atoms with Crippen molar-refractivity contribution in [2.24, 2.45) is 4.99 Å². The summed E-state index contributed by atoms with van der Waals surface area (Å²) in [4.78, 5) is 18.2. The minimum Gasteiger partial charge on any atom is -0.354 e. The van der Waals surface area contributed by atoms with Gasteiger partial charge in [0.25, 0.3) is 0 Å². The second-order valence-electron chi connectivity index (χ2n) is 5.56. The lowest BCUT2D eigenvalue weighted by Crippen LogP contribution is -2.35. The number of hydrogen-bond acceptors (Lipinski definition) is 3. The number of halogens is 3. The van der Waals surface area contributed by atoms with Gasteiger partial charge in [0.15, 0.2) is 5.96 Å². The fourth-order valence-corrected chi connectivity index (χ4v) is 3.22. The number of nitrogens with one attached hydrogen (secondary N) is 3. The van der Waals surface area contributed by atoms with Gasteiger partial charge < -0.3 is 10.6 Å². The first-order valence-electron chi connectivity index (χ1n) is 7.89. The Morgan fingerprint density at radius 2 is 1.74 bits per heavy atom. The highest BCUT2D eigenvalue weighted by atomic mass is 35.5. The van der Waals surface area contributed by atoms with Crippen LogP contribution in [-0.2, 0) is 6.54 Å². The molecule has 1 heterocycles. The third kappa shape index (κ3) is 5.35. The normalized spacial score (nSPS) is 12.5. The third-order valence-electron chi connectivity index (χ3n) is 3.77. The molecule has 0 unspecified atom stereocenters. The van der Waals surface area contributed by atoms with Gasteiger partial charge in [-0.3, -0.25) is 9.62 Å². The molecule has 3 N–H and O–H groups in total. The second-order valence-corrected chi connectivity index (χ2v) is 6.60. The monoisotopic (exact) mass is 445 g/mol. The summed E-state index contributed by atoms with van der Waals surface area (Å²) in [6, 6.07) is 12.5. The Hall–Kier alpha value is -1.80. The smallest absolute Gasteiger partial charge is 0.331 e. The number of carbonyl (C=O) groups excluding carboxylic acids is 1. The SMILES string of the molecule is Cl.O=C(NS)N(Cc1ccccc1)c1cc(Cl)c(N=C2NCCN2)c(Cl)c1. The van der Waals surface area contributed by atoms with Crippen LogP contribution in [0.25, 0.3) is 0 Å². The Balaban J connectivity index is 0.00000261. The van der Waals surface area contributed by atoms with Crippen LogP contribution in [-0.4, -0.2) is 25.1 Å². The van der Waals surface area contributed by atoms with Crippen LogP contribution in [0.3, 0.4) is 0 Å². The molecule has 1 aliphatic heterocycles. The minimum atomic E-state index is -0.387. The number of thiol groups is 1. The third-order valence-corrected chi connectivity index (χ3v) is 4.54. The van der Waals surface area contributed by atoms with E-state index in [-0.39, 0.29) is 18.4 Å². The number of rotatable bonds is 4. The summed E-state index contributed by atoms with van der Waals surface area (Å²) in [6.07, 6.45) is 0. The average molecular weight is 447 g/mol. The molecule has 6 nitrogen and oxygen atoms in total. The van der Waals surface area contributed by atoms with Gasteiger partial charge in [-0.15, -0.1) is 12.4 Å². The summed E-state index contributed by atoms with van der Waals surface area (Å²) >= 11 is 16.6. The fourth-order valence-electron chi connectivity index (χ4n) is 2.54. The molecule has 0 radical (unpaired) electrons. The molecule has 0 aromatic heterocycles. The van der Waals surface area contributed by atoms with Crippen molar-refractivity contribution in [3.05, 3.63) is 58.1 Å². The van der Waals surface area contributed by atoms with E-state index < -0.39 is 0 Å². The molecule has 0 aliphatic carbocycles. The lowest BCUT2D eigenvalue weighted by molar-refractivity contribution is 0.251. The molecule has 27 heavy (non-hydrogen) atoms. The van der Waals surface area contributed by atoms with E-state index in [1.807, 2.05) is 30.3 Å². The average Bonchev–Trinajstić information content (AvgIpc) is 3.16. The van der Waals surface area contributed by atoms with E-state index in [9.17, 15) is 4.79 Å². The van der Waals surface area contributed by atoms with Crippen LogP contribution in [0, 0.1) is 0 Å². The van der Waals surface area contributed by atoms with Gasteiger partial charge in [-0.1, -0.05) is 66.3 Å². The first-order valence-corrected chi connectivity index (χ1v) is 9.10. The van der Waals surface area contributed by atoms with Gasteiger partial charge >= 0.3 is 6.03 Å². The van der Waals surface area contributed by atoms with Gasteiger partial charge in [-0.05, 0) is 17.7 Å². The van der Waals surface area contributed by atoms with Crippen molar-refractivity contribution in [3.63, 3.8) is 0 Å². The van der Waals surface area contributed by atoms with E-state index in [0.29, 0.717) is 33.9 Å². The van der Waals surface area contributed by atoms with Crippen molar-refractivity contribution in [3.8, 4) is 0 Å². The van der Waals surface area contributed by atoms with Gasteiger partial charge in [0, 0.05) is 18.8 Å². The quantitative estimate of drug-likeness (QED) is 0.533. The first-order chi connectivity index (χ1) is 12.6. The molecule has 2 aromatic rings. The van der Waals surface area contributed by atoms with E-state index in [0.717, 1.165) is 18.7 Å². The second kappa shape index (κ2) is 9.94. The number of hydrogen-bond donors (Lipinski definition) is 4. The number of urea groups is 1. The Kier molecular flexibility index (Phi) is 7.91. The van der Waals surface area contributed by atoms with Crippen molar-refractivity contribution in [1.29, 1.82) is 0 Å². The highest BCUT2D eigenvalue weighted by Gasteiger charge is 2.19. The van der Waals surface area contributed by atoms with Gasteiger partial charge in [0.2, 0.25) is 0 Å². The molecule has 2 amide bonds. The molecule has 3 rings (SSSR count). The van der Waals surface area contributed by atoms with Gasteiger partial charge in [-0.2, -0.15) is 0 Å². The number of aliphatic imine (C=N–C) groups is 1. The van der Waals surface area contributed by atoms with E-state index >= 15 is 0 Å². The van der Waals surface area contributed by atoms with Crippen LogP contribution in [0.1, 0.15) is 5.56 Å². The van der Waals surface area contributed by atoms with Crippen molar-refractivity contribution in [2.75, 3.05) is 18.0 Å². The largest absolute Gasteiger partial charge is 0.354 e. The summed E-state index contributed by atoms with van der Waals surface area (Å²) in [5.41, 5.74) is 1.95. The topological polar surface area (TPSA) is 68.8 Å². The Labute approximate surface area is 179 Å². The Morgan fingerprint density at radius 1 is 1.15 bits per heavy atom. The molecule has 0 atom stereocenters. The van der Waals surface area contributed by atoms with E-state index in [2.05, 4.69) is 33.2 Å². The first kappa shape index (κ1) is 21.5. The maximum Gasteiger partial charge on any atom is 0.331 e. The van der Waals surface area contributed by atoms with Crippen molar-refractivity contribution in [2.45, 2.75) is 6.54 Å². The number of carbonyl (C=O) groups is 1. The molecule has 0 bridgehead atoms. The van der Waals surface area contributed by atoms with Crippen LogP contribution < -0.4 is 20.3 Å². The lowest BCUT2D eigenvalue weighted by Gasteiger charge is -2.23. The number of guanidine groups is 1. The predicted molar refractivity (Wildman–Crippen MR) is 117 cm³/mol. The zero-order chi connectivity index (χ0) is 18.5. The van der Waals surface area contributed by atoms with Crippen LogP contribution in [0.4, 0.5) is 16.2 Å². The van der Waals surface area contributed by atoms with Crippen molar-refractivity contribution in [1.82, 2.24) is 15.4 Å². The zero-order valence-electron chi connectivity index (χ0n) is 14.1. The summed E-state index contributed by atoms with van der Waals surface area (Å²) < 4.78 is 2.34. The fraction of sp³-hybridized carbons (Fsp3) is 0.176. The Bertz CT molecular complexity index is 804. The molecule has 2 aromatic carbocycles. The summed E-state index contributed by atoms with van der Waals surface area (Å²) in [7, 11) is 0. The highest BCUT2D eigenvalue weighted by Crippen LogP contribution is 2.38. The van der Waals surface area contributed by atoms with Crippen molar-refractivity contribution >= 4 is 71.8 Å². The summed E-state index contributed by atoms with van der Waals surface area (Å²) in [5.74, 6) is 0.621.